The normalized spacial score (nSPS) is 10.5. The van der Waals surface area contributed by atoms with Crippen LogP contribution in [0, 0.1) is 13.8 Å². The topological polar surface area (TPSA) is 233 Å². The van der Waals surface area contributed by atoms with Gasteiger partial charge in [-0.15, -0.1) is 22.7 Å². The van der Waals surface area contributed by atoms with Crippen molar-refractivity contribution >= 4 is 88.5 Å². The van der Waals surface area contributed by atoms with Crippen LogP contribution in [0.5, 0.6) is 0 Å². The molecule has 0 aliphatic heterocycles. The van der Waals surface area contributed by atoms with E-state index >= 15 is 0 Å². The first-order valence-electron chi connectivity index (χ1n) is 18.7. The zero-order chi connectivity index (χ0) is 45.5. The third kappa shape index (κ3) is 12.5. The number of carboxylic acid groups (broad SMARTS) is 1. The van der Waals surface area contributed by atoms with Crippen LogP contribution in [0.15, 0.2) is 84.2 Å². The van der Waals surface area contributed by atoms with Crippen molar-refractivity contribution in [1.82, 2.24) is 19.5 Å². The first-order chi connectivity index (χ1) is 29.6. The predicted octanol–water partition coefficient (Wildman–Crippen LogP) is 7.40. The molecule has 5 heterocycles. The number of nitrogens with two attached hydrogens (primary N) is 1. The number of nitrogen functional groups attached to an aromatic ring is 1. The molecule has 0 aliphatic carbocycles. The molecule has 326 valence electrons. The van der Waals surface area contributed by atoms with Crippen molar-refractivity contribution in [2.24, 2.45) is 0 Å². The molecule has 62 heavy (non-hydrogen) atoms. The van der Waals surface area contributed by atoms with E-state index in [1.165, 1.54) is 67.3 Å². The summed E-state index contributed by atoms with van der Waals surface area (Å²) in [5, 5.41) is 11.5. The molecule has 17 nitrogen and oxygen atoms in total. The van der Waals surface area contributed by atoms with Crippen molar-refractivity contribution in [3.63, 3.8) is 0 Å². The monoisotopic (exact) mass is 886 g/mol. The van der Waals surface area contributed by atoms with Crippen molar-refractivity contribution in [1.29, 1.82) is 0 Å². The van der Waals surface area contributed by atoms with Gasteiger partial charge in [-0.3, -0.25) is 19.0 Å². The lowest BCUT2D eigenvalue weighted by molar-refractivity contribution is -0.252. The molecular weight excluding hydrogens is 841 g/mol. The van der Waals surface area contributed by atoms with Crippen LogP contribution >= 0.6 is 22.7 Å². The number of benzene rings is 2. The maximum Gasteiger partial charge on any atom is 0.339 e. The van der Waals surface area contributed by atoms with Gasteiger partial charge in [0.05, 0.1) is 41.2 Å². The molecule has 19 heteroatoms. The molecule has 0 bridgehead atoms. The predicted molar refractivity (Wildman–Crippen MR) is 238 cm³/mol. The summed E-state index contributed by atoms with van der Waals surface area (Å²) < 4.78 is 25.8. The highest BCUT2D eigenvalue weighted by Gasteiger charge is 2.20. The largest absolute Gasteiger partial charge is 0.481 e. The van der Waals surface area contributed by atoms with Gasteiger partial charge in [-0.2, -0.15) is 0 Å². The Bertz CT molecular complexity index is 2700. The number of esters is 2. The highest BCUT2D eigenvalue weighted by molar-refractivity contribution is 7.25. The fourth-order valence-electron chi connectivity index (χ4n) is 5.34. The van der Waals surface area contributed by atoms with Crippen LogP contribution in [0.1, 0.15) is 62.3 Å². The van der Waals surface area contributed by atoms with Crippen molar-refractivity contribution in [2.45, 2.75) is 41.1 Å². The number of amides is 1. The number of hydrogen-bond donors (Lipinski definition) is 3. The second kappa shape index (κ2) is 22.8. The van der Waals surface area contributed by atoms with Crippen LogP contribution in [0.4, 0.5) is 11.4 Å². The first kappa shape index (κ1) is 48.0. The molecule has 0 fully saturated rings. The number of fused-ring (bicyclic) bond motifs is 4. The van der Waals surface area contributed by atoms with E-state index < -0.39 is 24.4 Å². The van der Waals surface area contributed by atoms with Gasteiger partial charge in [0.1, 0.15) is 25.6 Å². The summed E-state index contributed by atoms with van der Waals surface area (Å²) in [7, 11) is 4.53. The Hall–Kier alpha value is -6.64. The lowest BCUT2D eigenvalue weighted by Crippen LogP contribution is -2.17. The Kier molecular flexibility index (Phi) is 17.7. The van der Waals surface area contributed by atoms with Crippen LogP contribution in [-0.2, 0) is 28.5 Å². The van der Waals surface area contributed by atoms with Crippen molar-refractivity contribution in [3.8, 4) is 5.69 Å². The molecule has 0 saturated carbocycles. The average molecular weight is 887 g/mol. The summed E-state index contributed by atoms with van der Waals surface area (Å²) in [6.45, 7) is 8.59. The van der Waals surface area contributed by atoms with E-state index in [0.717, 1.165) is 23.7 Å². The van der Waals surface area contributed by atoms with Gasteiger partial charge in [0.15, 0.2) is 0 Å². The molecule has 0 atom stereocenters. The molecular formula is C43H46N6O11S2. The Balaban J connectivity index is 0.000000220. The summed E-state index contributed by atoms with van der Waals surface area (Å²) in [4.78, 5) is 72.8. The molecule has 2 aromatic carbocycles. The minimum Gasteiger partial charge on any atom is -0.481 e. The quantitative estimate of drug-likeness (QED) is 0.0897. The molecule has 0 saturated heterocycles. The van der Waals surface area contributed by atoms with Crippen LogP contribution in [0.2, 0.25) is 0 Å². The molecule has 0 aliphatic rings. The smallest absolute Gasteiger partial charge is 0.339 e. The Labute approximate surface area is 364 Å². The number of aliphatic carboxylic acids is 1. The molecule has 1 amide bonds. The van der Waals surface area contributed by atoms with Gasteiger partial charge < -0.3 is 39.8 Å². The maximum atomic E-state index is 12.9. The Morgan fingerprint density at radius 1 is 0.774 bits per heavy atom. The van der Waals surface area contributed by atoms with Crippen molar-refractivity contribution in [2.75, 3.05) is 45.6 Å². The number of nitrogens with zero attached hydrogens (tertiary/aromatic N) is 4. The minimum absolute atomic E-state index is 0.153. The standard InChI is InChI=1S/C19H15N3O3S.C18H17N3O3S.C4H10O3.C2H4O2/c1-3-25-19(24)12-8-14-15-16(26-17(14)20-9-12)18(23)22(10-21-15)13-6-4-11(2)5-7-13;1-3-24-18(23)11-8-13-14(19)15(25-17(13)20-9-11)16(22)21-12-6-4-10(2)5-7-12;1-5-4(6-2)7-3;1-2(3)4/h4-10H,3H2,1-2H3;4-9H,3,19H2,1-2H3,(H,21,22);4H,1-3H3;1H3,(H,3,4). The maximum absolute atomic E-state index is 12.9. The van der Waals surface area contributed by atoms with E-state index in [2.05, 4.69) is 34.5 Å². The summed E-state index contributed by atoms with van der Waals surface area (Å²) in [5.41, 5.74) is 11.2. The zero-order valence-corrected chi connectivity index (χ0v) is 36.8. The number of carbonyl (C=O) groups is 4. The van der Waals surface area contributed by atoms with Crippen molar-refractivity contribution < 1.29 is 48.0 Å². The number of aryl methyl sites for hydroxylation is 2. The van der Waals surface area contributed by atoms with E-state index in [0.29, 0.717) is 64.6 Å². The van der Waals surface area contributed by atoms with E-state index in [-0.39, 0.29) is 18.1 Å². The van der Waals surface area contributed by atoms with Crippen LogP contribution in [0.25, 0.3) is 36.3 Å². The summed E-state index contributed by atoms with van der Waals surface area (Å²) in [6.07, 6.45) is 4.41. The number of thiophene rings is 2. The number of carboxylic acids is 1. The lowest BCUT2D eigenvalue weighted by atomic mass is 10.2. The Morgan fingerprint density at radius 2 is 1.26 bits per heavy atom. The Morgan fingerprint density at radius 3 is 1.74 bits per heavy atom. The lowest BCUT2D eigenvalue weighted by Gasteiger charge is -2.08. The van der Waals surface area contributed by atoms with Gasteiger partial charge in [-0.1, -0.05) is 35.4 Å². The van der Waals surface area contributed by atoms with Gasteiger partial charge in [0, 0.05) is 57.1 Å². The SMILES string of the molecule is CC(=O)O.CCOC(=O)c1cnc2sc(C(=O)Nc3ccc(C)cc3)c(N)c2c1.CCOC(=O)c1cnc2sc3c(=O)n(-c4ccc(C)cc4)cnc3c2c1.COC(OC)OC. The molecule has 0 spiro atoms. The van der Waals surface area contributed by atoms with Gasteiger partial charge in [0.2, 0.25) is 0 Å². The summed E-state index contributed by atoms with van der Waals surface area (Å²) in [6, 6.07) is 18.4. The van der Waals surface area contributed by atoms with E-state index in [9.17, 15) is 19.2 Å². The number of methoxy groups -OCH3 is 3. The molecule has 7 aromatic rings. The molecule has 0 unspecified atom stereocenters. The highest BCUT2D eigenvalue weighted by Crippen LogP contribution is 2.34. The van der Waals surface area contributed by atoms with E-state index in [4.69, 9.17) is 25.1 Å². The number of hydrogen-bond acceptors (Lipinski definition) is 16. The second-order valence-corrected chi connectivity index (χ2v) is 14.8. The average Bonchev–Trinajstić information content (AvgIpc) is 3.80. The van der Waals surface area contributed by atoms with Gasteiger partial charge in [-0.25, -0.2) is 24.5 Å². The van der Waals surface area contributed by atoms with Gasteiger partial charge in [-0.05, 0) is 64.1 Å². The molecule has 0 radical (unpaired) electrons. The number of anilines is 2. The fourth-order valence-corrected chi connectivity index (χ4v) is 7.30. The minimum atomic E-state index is -0.833. The van der Waals surface area contributed by atoms with E-state index in [1.54, 1.807) is 26.0 Å². The molecule has 7 rings (SSSR count). The number of aromatic nitrogens is 4. The number of rotatable bonds is 10. The van der Waals surface area contributed by atoms with Gasteiger partial charge in [0.25, 0.3) is 23.9 Å². The van der Waals surface area contributed by atoms with Crippen LogP contribution in [0.3, 0.4) is 0 Å². The van der Waals surface area contributed by atoms with E-state index in [1.807, 2.05) is 62.4 Å². The third-order valence-electron chi connectivity index (χ3n) is 8.25. The zero-order valence-electron chi connectivity index (χ0n) is 35.2. The summed E-state index contributed by atoms with van der Waals surface area (Å²) >= 11 is 2.46. The first-order valence-corrected chi connectivity index (χ1v) is 20.3. The molecule has 5 aromatic heterocycles. The summed E-state index contributed by atoms with van der Waals surface area (Å²) in [5.74, 6) is -2.04. The number of nitrogens with one attached hydrogen (secondary N) is 1. The number of carbonyl (C=O) groups excluding carboxylic acids is 3. The van der Waals surface area contributed by atoms with Crippen LogP contribution in [-0.4, -0.2) is 89.5 Å². The highest BCUT2D eigenvalue weighted by atomic mass is 32.1. The number of pyridine rings is 2. The van der Waals surface area contributed by atoms with Crippen LogP contribution < -0.4 is 16.6 Å². The number of ether oxygens (including phenoxy) is 5. The third-order valence-corrected chi connectivity index (χ3v) is 10.5. The fraction of sp³-hybridized carbons (Fsp3) is 0.256. The second-order valence-electron chi connectivity index (χ2n) is 12.8. The van der Waals surface area contributed by atoms with Crippen molar-refractivity contribution in [3.05, 3.63) is 117 Å². The molecule has 4 N–H and O–H groups in total. The van der Waals surface area contributed by atoms with Gasteiger partial charge >= 0.3 is 11.9 Å².